The molecule has 0 amide bonds. The van der Waals surface area contributed by atoms with Gasteiger partial charge in [-0.15, -0.1) is 0 Å². The summed E-state index contributed by atoms with van der Waals surface area (Å²) in [5.74, 6) is 1.34. The van der Waals surface area contributed by atoms with Crippen molar-refractivity contribution < 1.29 is 23.2 Å². The fraction of sp³-hybridized carbons (Fsp3) is 0.240. The molecule has 4 rings (SSSR count). The summed E-state index contributed by atoms with van der Waals surface area (Å²) in [6.45, 7) is 3.85. The number of benzene rings is 2. The number of aromatic nitrogens is 3. The number of hydrogen-bond acceptors (Lipinski definition) is 7. The fourth-order valence-electron chi connectivity index (χ4n) is 3.68. The first-order valence-corrected chi connectivity index (χ1v) is 11.9. The van der Waals surface area contributed by atoms with Crippen molar-refractivity contribution in [3.8, 4) is 11.5 Å². The Morgan fingerprint density at radius 1 is 1.06 bits per heavy atom. The average Bonchev–Trinajstić information content (AvgIpc) is 3.24. The molecule has 0 radical (unpaired) electrons. The maximum atomic E-state index is 13.5. The van der Waals surface area contributed by atoms with Crippen molar-refractivity contribution in [2.75, 3.05) is 14.2 Å². The van der Waals surface area contributed by atoms with Gasteiger partial charge in [0.1, 0.15) is 18.1 Å². The Bertz CT molecular complexity index is 1370. The third-order valence-electron chi connectivity index (χ3n) is 5.44. The lowest BCUT2D eigenvalue weighted by atomic mass is 10.1. The predicted octanol–water partition coefficient (Wildman–Crippen LogP) is 4.56. The van der Waals surface area contributed by atoms with Gasteiger partial charge in [0, 0.05) is 23.4 Å². The van der Waals surface area contributed by atoms with Crippen molar-refractivity contribution in [2.24, 2.45) is 0 Å². The van der Waals surface area contributed by atoms with Crippen molar-refractivity contribution >= 4 is 27.9 Å². The summed E-state index contributed by atoms with van der Waals surface area (Å²) in [7, 11) is 1.44. The van der Waals surface area contributed by atoms with Crippen molar-refractivity contribution in [1.29, 1.82) is 0 Å². The molecular formula is C25H25N3O5S. The van der Waals surface area contributed by atoms with Gasteiger partial charge in [-0.05, 0) is 31.5 Å². The first kappa shape index (κ1) is 23.4. The van der Waals surface area contributed by atoms with Gasteiger partial charge in [0.05, 0.1) is 47.5 Å². The highest BCUT2D eigenvalue weighted by Crippen LogP contribution is 2.28. The molecule has 0 aliphatic carbocycles. The maximum Gasteiger partial charge on any atom is 0.421 e. The third kappa shape index (κ3) is 4.65. The second kappa shape index (κ2) is 10.0. The Morgan fingerprint density at radius 2 is 1.82 bits per heavy atom. The number of imidazole rings is 1. The molecule has 9 heteroatoms. The van der Waals surface area contributed by atoms with Crippen LogP contribution in [0.25, 0.3) is 11.0 Å². The number of methoxy groups -OCH3 is 2. The number of ether oxygens (including phenoxy) is 3. The van der Waals surface area contributed by atoms with Gasteiger partial charge in [-0.3, -0.25) is 9.19 Å². The topological polar surface area (TPSA) is 92.5 Å². The number of carbonyl (C=O) groups is 1. The molecule has 2 aromatic carbocycles. The Hall–Kier alpha value is -3.72. The molecule has 0 aliphatic heterocycles. The lowest BCUT2D eigenvalue weighted by Crippen LogP contribution is -2.18. The van der Waals surface area contributed by atoms with Crippen molar-refractivity contribution in [2.45, 2.75) is 31.4 Å². The Labute approximate surface area is 200 Å². The van der Waals surface area contributed by atoms with Crippen molar-refractivity contribution in [3.05, 3.63) is 77.1 Å². The maximum absolute atomic E-state index is 13.5. The van der Waals surface area contributed by atoms with Crippen LogP contribution in [0.4, 0.5) is 4.79 Å². The molecule has 176 valence electrons. The van der Waals surface area contributed by atoms with Crippen LogP contribution >= 0.6 is 0 Å². The fourth-order valence-corrected chi connectivity index (χ4v) is 4.93. The van der Waals surface area contributed by atoms with Crippen LogP contribution in [0.3, 0.4) is 0 Å². The van der Waals surface area contributed by atoms with E-state index >= 15 is 0 Å². The SMILES string of the molecule is COc1ccc2c(c1)nc([S@@](=O)Cc1ncc(C)c(OC)c1C)n2C(=O)OCc1ccccc1. The number of carbonyl (C=O) groups excluding carboxylic acids is 1. The summed E-state index contributed by atoms with van der Waals surface area (Å²) in [4.78, 5) is 22.1. The van der Waals surface area contributed by atoms with Gasteiger partial charge in [-0.25, -0.2) is 14.3 Å². The number of rotatable bonds is 7. The summed E-state index contributed by atoms with van der Waals surface area (Å²) in [6, 6.07) is 14.5. The van der Waals surface area contributed by atoms with Gasteiger partial charge < -0.3 is 14.2 Å². The molecule has 0 fully saturated rings. The average molecular weight is 480 g/mol. The normalized spacial score (nSPS) is 11.9. The van der Waals surface area contributed by atoms with E-state index in [1.54, 1.807) is 38.6 Å². The molecule has 0 saturated carbocycles. The second-order valence-electron chi connectivity index (χ2n) is 7.66. The summed E-state index contributed by atoms with van der Waals surface area (Å²) in [5.41, 5.74) is 4.09. The zero-order valence-electron chi connectivity index (χ0n) is 19.4. The molecule has 34 heavy (non-hydrogen) atoms. The Morgan fingerprint density at radius 3 is 2.53 bits per heavy atom. The van der Waals surface area contributed by atoms with Crippen LogP contribution in [-0.4, -0.2) is 39.1 Å². The summed E-state index contributed by atoms with van der Waals surface area (Å²) in [6.07, 6.45) is 1.02. The highest BCUT2D eigenvalue weighted by Gasteiger charge is 2.24. The monoisotopic (exact) mass is 479 g/mol. The van der Waals surface area contributed by atoms with E-state index in [4.69, 9.17) is 14.2 Å². The van der Waals surface area contributed by atoms with Gasteiger partial charge in [-0.1, -0.05) is 30.3 Å². The summed E-state index contributed by atoms with van der Waals surface area (Å²) < 4.78 is 31.0. The van der Waals surface area contributed by atoms with Gasteiger partial charge in [0.25, 0.3) is 0 Å². The first-order chi connectivity index (χ1) is 16.4. The van der Waals surface area contributed by atoms with Gasteiger partial charge in [0.15, 0.2) is 0 Å². The van der Waals surface area contributed by atoms with E-state index in [0.29, 0.717) is 28.2 Å². The van der Waals surface area contributed by atoms with Crippen LogP contribution in [0, 0.1) is 13.8 Å². The largest absolute Gasteiger partial charge is 0.497 e. The molecule has 8 nitrogen and oxygen atoms in total. The van der Waals surface area contributed by atoms with E-state index in [-0.39, 0.29) is 17.5 Å². The van der Waals surface area contributed by atoms with Crippen LogP contribution < -0.4 is 9.47 Å². The summed E-state index contributed by atoms with van der Waals surface area (Å²) >= 11 is 0. The van der Waals surface area contributed by atoms with Gasteiger partial charge in [-0.2, -0.15) is 0 Å². The lowest BCUT2D eigenvalue weighted by molar-refractivity contribution is 0.140. The molecule has 0 N–H and O–H groups in total. The van der Waals surface area contributed by atoms with E-state index in [2.05, 4.69) is 9.97 Å². The molecule has 0 spiro atoms. The molecular weight excluding hydrogens is 454 g/mol. The minimum atomic E-state index is -1.69. The highest BCUT2D eigenvalue weighted by molar-refractivity contribution is 7.84. The molecule has 0 saturated heterocycles. The molecule has 1 atom stereocenters. The van der Waals surface area contributed by atoms with Crippen LogP contribution in [0.1, 0.15) is 22.4 Å². The van der Waals surface area contributed by atoms with E-state index in [1.165, 1.54) is 4.57 Å². The minimum Gasteiger partial charge on any atom is -0.497 e. The Kier molecular flexibility index (Phi) is 6.93. The van der Waals surface area contributed by atoms with Crippen molar-refractivity contribution in [1.82, 2.24) is 14.5 Å². The first-order valence-electron chi connectivity index (χ1n) is 10.6. The van der Waals surface area contributed by atoms with Crippen LogP contribution in [-0.2, 0) is 27.9 Å². The Balaban J connectivity index is 1.71. The standard InChI is InChI=1S/C25H25N3O5S/c1-16-13-26-21(17(2)23(16)32-4)15-34(30)24-27-20-12-19(31-3)10-11-22(20)28(24)25(29)33-14-18-8-6-5-7-9-18/h5-13H,14-15H2,1-4H3/t34-/m0/s1. The number of aryl methyl sites for hydroxylation is 1. The van der Waals surface area contributed by atoms with Crippen LogP contribution in [0.5, 0.6) is 11.5 Å². The van der Waals surface area contributed by atoms with E-state index < -0.39 is 16.9 Å². The van der Waals surface area contributed by atoms with E-state index in [0.717, 1.165) is 16.7 Å². The molecule has 2 heterocycles. The number of fused-ring (bicyclic) bond motifs is 1. The second-order valence-corrected chi connectivity index (χ2v) is 9.01. The third-order valence-corrected chi connectivity index (χ3v) is 6.66. The highest BCUT2D eigenvalue weighted by atomic mass is 32.2. The van der Waals surface area contributed by atoms with Crippen LogP contribution in [0.2, 0.25) is 0 Å². The van der Waals surface area contributed by atoms with Crippen molar-refractivity contribution in [3.63, 3.8) is 0 Å². The zero-order chi connectivity index (χ0) is 24.2. The van der Waals surface area contributed by atoms with E-state index in [9.17, 15) is 9.00 Å². The van der Waals surface area contributed by atoms with Crippen LogP contribution in [0.15, 0.2) is 59.9 Å². The minimum absolute atomic E-state index is 0.0644. The molecule has 0 unspecified atom stereocenters. The molecule has 2 aromatic heterocycles. The predicted molar refractivity (Wildman–Crippen MR) is 129 cm³/mol. The molecule has 0 bridgehead atoms. The summed E-state index contributed by atoms with van der Waals surface area (Å²) in [5, 5.41) is 0.0852. The van der Waals surface area contributed by atoms with Gasteiger partial charge >= 0.3 is 6.09 Å². The molecule has 4 aromatic rings. The van der Waals surface area contributed by atoms with Gasteiger partial charge in [0.2, 0.25) is 5.16 Å². The smallest absolute Gasteiger partial charge is 0.421 e. The lowest BCUT2D eigenvalue weighted by Gasteiger charge is -2.12. The number of nitrogens with zero attached hydrogens (tertiary/aromatic N) is 3. The quantitative estimate of drug-likeness (QED) is 0.384. The van der Waals surface area contributed by atoms with E-state index in [1.807, 2.05) is 44.2 Å². The number of hydrogen-bond donors (Lipinski definition) is 0. The zero-order valence-corrected chi connectivity index (χ0v) is 20.2. The number of pyridine rings is 1. The molecule has 0 aliphatic rings.